The Kier molecular flexibility index (Phi) is 4.65. The molecule has 2 heterocycles. The highest BCUT2D eigenvalue weighted by atomic mass is 16.2. The fraction of sp³-hybridized carbons (Fsp3) is 0.714. The molecular formula is C14H25N5O. The third-order valence-electron chi connectivity index (χ3n) is 3.85. The van der Waals surface area contributed by atoms with Gasteiger partial charge in [-0.3, -0.25) is 9.48 Å². The number of aryl methyl sites for hydroxylation is 1. The molecule has 112 valence electrons. The lowest BCUT2D eigenvalue weighted by Gasteiger charge is -2.34. The molecule has 3 N–H and O–H groups in total. The van der Waals surface area contributed by atoms with Crippen molar-refractivity contribution in [2.75, 3.05) is 18.0 Å². The zero-order valence-corrected chi connectivity index (χ0v) is 12.5. The van der Waals surface area contributed by atoms with Crippen molar-refractivity contribution in [3.8, 4) is 0 Å². The number of aromatic nitrogens is 2. The van der Waals surface area contributed by atoms with Crippen LogP contribution in [-0.2, 0) is 11.8 Å². The smallest absolute Gasteiger partial charge is 0.237 e. The monoisotopic (exact) mass is 279 g/mol. The third kappa shape index (κ3) is 3.50. The summed E-state index contributed by atoms with van der Waals surface area (Å²) in [5.41, 5.74) is 7.00. The molecule has 0 aromatic carbocycles. The van der Waals surface area contributed by atoms with Crippen LogP contribution in [0, 0.1) is 5.92 Å². The van der Waals surface area contributed by atoms with Crippen molar-refractivity contribution in [3.63, 3.8) is 0 Å². The Labute approximate surface area is 120 Å². The molecule has 0 radical (unpaired) electrons. The fourth-order valence-corrected chi connectivity index (χ4v) is 2.50. The van der Waals surface area contributed by atoms with Crippen molar-refractivity contribution >= 4 is 11.6 Å². The summed E-state index contributed by atoms with van der Waals surface area (Å²) >= 11 is 0. The van der Waals surface area contributed by atoms with E-state index in [0.717, 1.165) is 31.6 Å². The summed E-state index contributed by atoms with van der Waals surface area (Å²) in [5, 5.41) is 7.27. The van der Waals surface area contributed by atoms with E-state index in [1.165, 1.54) is 0 Å². The van der Waals surface area contributed by atoms with E-state index in [9.17, 15) is 4.79 Å². The first-order valence-corrected chi connectivity index (χ1v) is 7.27. The van der Waals surface area contributed by atoms with Crippen LogP contribution in [0.1, 0.15) is 26.7 Å². The summed E-state index contributed by atoms with van der Waals surface area (Å²) in [6.07, 6.45) is 5.94. The Hall–Kier alpha value is -1.56. The van der Waals surface area contributed by atoms with E-state index in [2.05, 4.69) is 15.3 Å². The lowest BCUT2D eigenvalue weighted by atomic mass is 10.0. The van der Waals surface area contributed by atoms with E-state index in [4.69, 9.17) is 5.73 Å². The van der Waals surface area contributed by atoms with Crippen LogP contribution < -0.4 is 16.0 Å². The van der Waals surface area contributed by atoms with Crippen molar-refractivity contribution in [2.24, 2.45) is 18.7 Å². The average molecular weight is 279 g/mol. The second-order valence-electron chi connectivity index (χ2n) is 5.94. The predicted octanol–water partition coefficient (Wildman–Crippen LogP) is 0.488. The Morgan fingerprint density at radius 3 is 2.90 bits per heavy atom. The number of hydrogen-bond acceptors (Lipinski definition) is 4. The van der Waals surface area contributed by atoms with Crippen LogP contribution in [0.25, 0.3) is 0 Å². The van der Waals surface area contributed by atoms with Gasteiger partial charge in [0.05, 0.1) is 17.9 Å². The number of hydrogen-bond donors (Lipinski definition) is 2. The number of amides is 1. The van der Waals surface area contributed by atoms with Gasteiger partial charge in [0, 0.05) is 32.4 Å². The second kappa shape index (κ2) is 6.26. The van der Waals surface area contributed by atoms with Gasteiger partial charge in [0.1, 0.15) is 0 Å². The van der Waals surface area contributed by atoms with Gasteiger partial charge in [0.2, 0.25) is 5.91 Å². The number of piperidine rings is 1. The zero-order chi connectivity index (χ0) is 14.7. The first-order chi connectivity index (χ1) is 9.47. The number of nitrogens with zero attached hydrogens (tertiary/aromatic N) is 3. The van der Waals surface area contributed by atoms with Crippen LogP contribution in [0.2, 0.25) is 0 Å². The lowest BCUT2D eigenvalue weighted by molar-refractivity contribution is -0.124. The number of nitrogens with two attached hydrogens (primary N) is 1. The van der Waals surface area contributed by atoms with Crippen LogP contribution in [0.5, 0.6) is 0 Å². The van der Waals surface area contributed by atoms with Gasteiger partial charge in [-0.25, -0.2) is 0 Å². The Morgan fingerprint density at radius 2 is 2.30 bits per heavy atom. The molecule has 1 aliphatic rings. The second-order valence-corrected chi connectivity index (χ2v) is 5.94. The van der Waals surface area contributed by atoms with E-state index in [0.29, 0.717) is 0 Å². The summed E-state index contributed by atoms with van der Waals surface area (Å²) in [6, 6.07) is -0.259. The quantitative estimate of drug-likeness (QED) is 0.841. The molecule has 1 fully saturated rings. The first kappa shape index (κ1) is 14.8. The van der Waals surface area contributed by atoms with Gasteiger partial charge in [-0.1, -0.05) is 13.8 Å². The Balaban J connectivity index is 1.92. The molecule has 2 rings (SSSR count). The number of rotatable bonds is 4. The van der Waals surface area contributed by atoms with E-state index in [1.54, 1.807) is 4.68 Å². The largest absolute Gasteiger partial charge is 0.367 e. The van der Waals surface area contributed by atoms with Gasteiger partial charge >= 0.3 is 0 Å². The van der Waals surface area contributed by atoms with Gasteiger partial charge in [-0.15, -0.1) is 0 Å². The van der Waals surface area contributed by atoms with E-state index in [1.807, 2.05) is 33.3 Å². The van der Waals surface area contributed by atoms with Crippen molar-refractivity contribution in [2.45, 2.75) is 38.8 Å². The molecule has 0 spiro atoms. The topological polar surface area (TPSA) is 76.2 Å². The summed E-state index contributed by atoms with van der Waals surface area (Å²) in [6.45, 7) is 5.76. The van der Waals surface area contributed by atoms with Crippen LogP contribution >= 0.6 is 0 Å². The summed E-state index contributed by atoms with van der Waals surface area (Å²) in [4.78, 5) is 14.3. The molecule has 0 aliphatic carbocycles. The molecule has 1 aromatic rings. The highest BCUT2D eigenvalue weighted by molar-refractivity contribution is 5.82. The molecule has 0 saturated carbocycles. The highest BCUT2D eigenvalue weighted by Crippen LogP contribution is 2.19. The maximum atomic E-state index is 12.0. The highest BCUT2D eigenvalue weighted by Gasteiger charge is 2.25. The minimum absolute atomic E-state index is 0.0435. The lowest BCUT2D eigenvalue weighted by Crippen LogP contribution is -2.53. The maximum absolute atomic E-state index is 12.0. The van der Waals surface area contributed by atoms with Gasteiger partial charge < -0.3 is 16.0 Å². The minimum Gasteiger partial charge on any atom is -0.367 e. The molecule has 1 amide bonds. The Morgan fingerprint density at radius 1 is 1.55 bits per heavy atom. The number of anilines is 1. The minimum atomic E-state index is -0.427. The molecule has 1 aliphatic heterocycles. The fourth-order valence-electron chi connectivity index (χ4n) is 2.50. The molecule has 6 nitrogen and oxygen atoms in total. The summed E-state index contributed by atoms with van der Waals surface area (Å²) < 4.78 is 1.80. The normalized spacial score (nSPS) is 21.1. The van der Waals surface area contributed by atoms with E-state index < -0.39 is 6.04 Å². The van der Waals surface area contributed by atoms with Crippen LogP contribution in [0.3, 0.4) is 0 Å². The SMILES string of the molecule is CC(C)[C@H](N)C(=O)NC1CCCN(c2cnn(C)c2)C1. The predicted molar refractivity (Wildman–Crippen MR) is 79.4 cm³/mol. The molecule has 1 saturated heterocycles. The van der Waals surface area contributed by atoms with Crippen molar-refractivity contribution in [3.05, 3.63) is 12.4 Å². The van der Waals surface area contributed by atoms with E-state index in [-0.39, 0.29) is 17.9 Å². The summed E-state index contributed by atoms with van der Waals surface area (Å²) in [7, 11) is 1.91. The number of carbonyl (C=O) groups is 1. The number of nitrogens with one attached hydrogen (secondary N) is 1. The van der Waals surface area contributed by atoms with E-state index >= 15 is 0 Å². The van der Waals surface area contributed by atoms with Crippen molar-refractivity contribution < 1.29 is 4.79 Å². The van der Waals surface area contributed by atoms with Gasteiger partial charge in [0.25, 0.3) is 0 Å². The zero-order valence-electron chi connectivity index (χ0n) is 12.5. The van der Waals surface area contributed by atoms with Crippen molar-refractivity contribution in [1.29, 1.82) is 0 Å². The number of carbonyl (C=O) groups excluding carboxylic acids is 1. The molecular weight excluding hydrogens is 254 g/mol. The molecule has 2 atom stereocenters. The molecule has 1 unspecified atom stereocenters. The van der Waals surface area contributed by atoms with Crippen LogP contribution in [0.4, 0.5) is 5.69 Å². The van der Waals surface area contributed by atoms with Gasteiger partial charge in [-0.05, 0) is 18.8 Å². The molecule has 1 aromatic heterocycles. The molecule has 6 heteroatoms. The standard InChI is InChI=1S/C14H25N5O/c1-10(2)13(15)14(20)17-11-5-4-6-19(8-11)12-7-16-18(3)9-12/h7,9-11,13H,4-6,8,15H2,1-3H3,(H,17,20)/t11?,13-/m0/s1. The molecule has 20 heavy (non-hydrogen) atoms. The first-order valence-electron chi connectivity index (χ1n) is 7.27. The third-order valence-corrected chi connectivity index (χ3v) is 3.85. The summed E-state index contributed by atoms with van der Waals surface area (Å²) in [5.74, 6) is 0.117. The maximum Gasteiger partial charge on any atom is 0.237 e. The van der Waals surface area contributed by atoms with Gasteiger partial charge in [0.15, 0.2) is 0 Å². The Bertz CT molecular complexity index is 456. The molecule has 0 bridgehead atoms. The van der Waals surface area contributed by atoms with Crippen LogP contribution in [-0.4, -0.2) is 40.9 Å². The average Bonchev–Trinajstić information content (AvgIpc) is 2.84. The van der Waals surface area contributed by atoms with Crippen molar-refractivity contribution in [1.82, 2.24) is 15.1 Å². The van der Waals surface area contributed by atoms with Gasteiger partial charge in [-0.2, -0.15) is 5.10 Å². The van der Waals surface area contributed by atoms with Crippen LogP contribution in [0.15, 0.2) is 12.4 Å².